The van der Waals surface area contributed by atoms with E-state index < -0.39 is 9.84 Å². The minimum atomic E-state index is -3.02. The van der Waals surface area contributed by atoms with Gasteiger partial charge in [-0.15, -0.1) is 11.3 Å². The van der Waals surface area contributed by atoms with Crippen LogP contribution in [0.1, 0.15) is 12.1 Å². The van der Waals surface area contributed by atoms with Gasteiger partial charge >= 0.3 is 0 Å². The molecule has 0 saturated carbocycles. The highest BCUT2D eigenvalue weighted by molar-refractivity contribution is 7.91. The van der Waals surface area contributed by atoms with E-state index in [0.29, 0.717) is 22.7 Å². The molecular formula is C15H15FN2O3S2. The minimum absolute atomic E-state index is 0.00369. The lowest BCUT2D eigenvalue weighted by atomic mass is 10.2. The van der Waals surface area contributed by atoms with Crippen LogP contribution in [0, 0.1) is 5.82 Å². The lowest BCUT2D eigenvalue weighted by Gasteiger charge is -2.09. The van der Waals surface area contributed by atoms with Gasteiger partial charge in [-0.3, -0.25) is 4.79 Å². The molecule has 1 aliphatic rings. The van der Waals surface area contributed by atoms with Gasteiger partial charge in [0.05, 0.1) is 23.6 Å². The molecule has 0 unspecified atom stereocenters. The second-order valence-electron chi connectivity index (χ2n) is 5.47. The van der Waals surface area contributed by atoms with E-state index in [0.717, 1.165) is 0 Å². The summed E-state index contributed by atoms with van der Waals surface area (Å²) in [5.41, 5.74) is 0.956. The van der Waals surface area contributed by atoms with E-state index in [1.807, 2.05) is 0 Å². The van der Waals surface area contributed by atoms with Gasteiger partial charge in [0.1, 0.15) is 10.8 Å². The van der Waals surface area contributed by atoms with Gasteiger partial charge in [0, 0.05) is 17.0 Å². The molecule has 2 heterocycles. The summed E-state index contributed by atoms with van der Waals surface area (Å²) in [7, 11) is -3.02. The first-order valence-electron chi connectivity index (χ1n) is 7.12. The number of aromatic nitrogens is 1. The first kappa shape index (κ1) is 16.1. The Bertz CT molecular complexity index is 833. The van der Waals surface area contributed by atoms with Gasteiger partial charge in [0.15, 0.2) is 9.84 Å². The van der Waals surface area contributed by atoms with Gasteiger partial charge in [0.2, 0.25) is 5.91 Å². The molecule has 1 atom stereocenters. The molecule has 1 saturated heterocycles. The molecule has 0 spiro atoms. The molecule has 122 valence electrons. The number of hydrogen-bond donors (Lipinski definition) is 1. The van der Waals surface area contributed by atoms with Crippen LogP contribution in [0.4, 0.5) is 4.39 Å². The normalized spacial score (nSPS) is 19.6. The van der Waals surface area contributed by atoms with Crippen LogP contribution in [-0.2, 0) is 21.1 Å². The van der Waals surface area contributed by atoms with Crippen LogP contribution in [0.25, 0.3) is 10.6 Å². The van der Waals surface area contributed by atoms with Crippen molar-refractivity contribution in [3.63, 3.8) is 0 Å². The Balaban J connectivity index is 1.63. The van der Waals surface area contributed by atoms with Crippen molar-refractivity contribution in [2.75, 3.05) is 11.5 Å². The maximum Gasteiger partial charge on any atom is 0.226 e. The summed E-state index contributed by atoms with van der Waals surface area (Å²) in [6, 6.07) is 6.02. The summed E-state index contributed by atoms with van der Waals surface area (Å²) in [6.45, 7) is 0. The third-order valence-corrected chi connectivity index (χ3v) is 6.29. The SMILES string of the molecule is O=C(Cc1csc(-c2ccccc2F)n1)N[C@H]1CCS(=O)(=O)C1. The summed E-state index contributed by atoms with van der Waals surface area (Å²) < 4.78 is 36.5. The largest absolute Gasteiger partial charge is 0.352 e. The molecule has 0 radical (unpaired) electrons. The van der Waals surface area contributed by atoms with Crippen molar-refractivity contribution in [1.29, 1.82) is 0 Å². The molecule has 2 aromatic rings. The van der Waals surface area contributed by atoms with Crippen LogP contribution in [0.15, 0.2) is 29.6 Å². The zero-order chi connectivity index (χ0) is 16.4. The topological polar surface area (TPSA) is 76.1 Å². The van der Waals surface area contributed by atoms with Crippen LogP contribution >= 0.6 is 11.3 Å². The molecular weight excluding hydrogens is 339 g/mol. The average molecular weight is 354 g/mol. The fourth-order valence-electron chi connectivity index (χ4n) is 2.50. The van der Waals surface area contributed by atoms with E-state index in [1.165, 1.54) is 17.4 Å². The van der Waals surface area contributed by atoms with E-state index >= 15 is 0 Å². The van der Waals surface area contributed by atoms with E-state index in [4.69, 9.17) is 0 Å². The van der Waals surface area contributed by atoms with Crippen LogP contribution in [0.3, 0.4) is 0 Å². The molecule has 3 rings (SSSR count). The molecule has 1 N–H and O–H groups in total. The summed E-state index contributed by atoms with van der Waals surface area (Å²) in [4.78, 5) is 16.3. The quantitative estimate of drug-likeness (QED) is 0.908. The second kappa shape index (κ2) is 6.37. The Morgan fingerprint density at radius 2 is 2.17 bits per heavy atom. The van der Waals surface area contributed by atoms with Crippen molar-refractivity contribution in [2.45, 2.75) is 18.9 Å². The molecule has 0 bridgehead atoms. The number of nitrogens with zero attached hydrogens (tertiary/aromatic N) is 1. The Morgan fingerprint density at radius 3 is 2.87 bits per heavy atom. The van der Waals surface area contributed by atoms with Gasteiger partial charge < -0.3 is 5.32 Å². The number of sulfone groups is 1. The monoisotopic (exact) mass is 354 g/mol. The maximum atomic E-state index is 13.7. The van der Waals surface area contributed by atoms with Crippen molar-refractivity contribution in [3.8, 4) is 10.6 Å². The lowest BCUT2D eigenvalue weighted by molar-refractivity contribution is -0.121. The highest BCUT2D eigenvalue weighted by Crippen LogP contribution is 2.26. The van der Waals surface area contributed by atoms with Gasteiger partial charge in [0.25, 0.3) is 0 Å². The van der Waals surface area contributed by atoms with Crippen LogP contribution < -0.4 is 5.32 Å². The third-order valence-electron chi connectivity index (χ3n) is 3.60. The van der Waals surface area contributed by atoms with Crippen molar-refractivity contribution >= 4 is 27.1 Å². The second-order valence-corrected chi connectivity index (χ2v) is 8.55. The maximum absolute atomic E-state index is 13.7. The van der Waals surface area contributed by atoms with Gasteiger partial charge in [-0.1, -0.05) is 12.1 Å². The van der Waals surface area contributed by atoms with Crippen LogP contribution in [0.5, 0.6) is 0 Å². The number of nitrogens with one attached hydrogen (secondary N) is 1. The number of rotatable bonds is 4. The van der Waals surface area contributed by atoms with Crippen molar-refractivity contribution in [2.24, 2.45) is 0 Å². The van der Waals surface area contributed by atoms with Gasteiger partial charge in [-0.25, -0.2) is 17.8 Å². The molecule has 1 aliphatic heterocycles. The number of carbonyl (C=O) groups excluding carboxylic acids is 1. The molecule has 0 aliphatic carbocycles. The summed E-state index contributed by atoms with van der Waals surface area (Å²) >= 11 is 1.27. The highest BCUT2D eigenvalue weighted by atomic mass is 32.2. The first-order chi connectivity index (χ1) is 10.9. The van der Waals surface area contributed by atoms with Gasteiger partial charge in [-0.2, -0.15) is 0 Å². The van der Waals surface area contributed by atoms with Crippen molar-refractivity contribution in [1.82, 2.24) is 10.3 Å². The number of benzene rings is 1. The number of thiazole rings is 1. The molecule has 8 heteroatoms. The number of hydrogen-bond acceptors (Lipinski definition) is 5. The smallest absolute Gasteiger partial charge is 0.226 e. The number of halogens is 1. The summed E-state index contributed by atoms with van der Waals surface area (Å²) in [6.07, 6.45) is 0.507. The minimum Gasteiger partial charge on any atom is -0.352 e. The predicted octanol–water partition coefficient (Wildman–Crippen LogP) is 1.79. The predicted molar refractivity (Wildman–Crippen MR) is 86.4 cm³/mol. The standard InChI is InChI=1S/C15H15FN2O3S2/c16-13-4-2-1-3-12(13)15-18-11(8-22-15)7-14(19)17-10-5-6-23(20,21)9-10/h1-4,8,10H,5-7,9H2,(H,17,19)/t10-/m0/s1. The molecule has 23 heavy (non-hydrogen) atoms. The van der Waals surface area contributed by atoms with Gasteiger partial charge in [-0.05, 0) is 18.6 Å². The van der Waals surface area contributed by atoms with Crippen LogP contribution in [-0.4, -0.2) is 36.9 Å². The Morgan fingerprint density at radius 1 is 1.39 bits per heavy atom. The van der Waals surface area contributed by atoms with E-state index in [2.05, 4.69) is 10.3 Å². The fourth-order valence-corrected chi connectivity index (χ4v) is 5.02. The van der Waals surface area contributed by atoms with Crippen molar-refractivity contribution in [3.05, 3.63) is 41.2 Å². The Hall–Kier alpha value is -1.80. The zero-order valence-corrected chi connectivity index (χ0v) is 13.8. The molecule has 1 fully saturated rings. The highest BCUT2D eigenvalue weighted by Gasteiger charge is 2.28. The first-order valence-corrected chi connectivity index (χ1v) is 9.82. The summed E-state index contributed by atoms with van der Waals surface area (Å²) in [5, 5.41) is 4.95. The third kappa shape index (κ3) is 3.94. The van der Waals surface area contributed by atoms with E-state index in [9.17, 15) is 17.6 Å². The summed E-state index contributed by atoms with van der Waals surface area (Å²) in [5.74, 6) is -0.506. The Kier molecular flexibility index (Phi) is 4.45. The molecule has 1 aromatic carbocycles. The van der Waals surface area contributed by atoms with Crippen LogP contribution in [0.2, 0.25) is 0 Å². The molecule has 5 nitrogen and oxygen atoms in total. The average Bonchev–Trinajstić information content (AvgIpc) is 3.06. The molecule has 1 aromatic heterocycles. The molecule has 1 amide bonds. The Labute approximate surface area is 137 Å². The fraction of sp³-hybridized carbons (Fsp3) is 0.333. The van der Waals surface area contributed by atoms with E-state index in [1.54, 1.807) is 23.6 Å². The van der Waals surface area contributed by atoms with E-state index in [-0.39, 0.29) is 35.7 Å². The number of amides is 1. The van der Waals surface area contributed by atoms with Crippen molar-refractivity contribution < 1.29 is 17.6 Å². The zero-order valence-electron chi connectivity index (χ0n) is 12.2. The lowest BCUT2D eigenvalue weighted by Crippen LogP contribution is -2.36. The number of carbonyl (C=O) groups is 1.